The number of ketones is 1. The van der Waals surface area contributed by atoms with Crippen LogP contribution >= 0.6 is 0 Å². The Morgan fingerprint density at radius 1 is 1.19 bits per heavy atom. The van der Waals surface area contributed by atoms with Crippen LogP contribution in [0.4, 0.5) is 19.1 Å². The number of fused-ring (bicyclic) bond motifs is 1. The molecule has 0 bridgehead atoms. The number of anilines is 1. The van der Waals surface area contributed by atoms with Gasteiger partial charge in [0, 0.05) is 43.7 Å². The highest BCUT2D eigenvalue weighted by molar-refractivity contribution is 5.92. The fourth-order valence-electron chi connectivity index (χ4n) is 4.26. The van der Waals surface area contributed by atoms with Gasteiger partial charge in [0.2, 0.25) is 17.6 Å². The number of rotatable bonds is 8. The molecule has 2 aliphatic rings. The molecule has 0 radical (unpaired) electrons. The molecule has 1 saturated heterocycles. The fourth-order valence-corrected chi connectivity index (χ4v) is 4.26. The summed E-state index contributed by atoms with van der Waals surface area (Å²) in [6.07, 6.45) is 1.57. The van der Waals surface area contributed by atoms with Gasteiger partial charge >= 0.3 is 12.2 Å². The molecule has 0 unspecified atom stereocenters. The first kappa shape index (κ1) is 23.9. The first-order chi connectivity index (χ1) is 17.3. The van der Waals surface area contributed by atoms with Gasteiger partial charge in [0.05, 0.1) is 17.9 Å². The number of nitrogens with zero attached hydrogens (tertiary/aromatic N) is 7. The van der Waals surface area contributed by atoms with Crippen molar-refractivity contribution < 1.29 is 22.7 Å². The maximum Gasteiger partial charge on any atom is 0.389 e. The van der Waals surface area contributed by atoms with E-state index >= 15 is 0 Å². The zero-order valence-corrected chi connectivity index (χ0v) is 19.3. The third kappa shape index (κ3) is 5.22. The van der Waals surface area contributed by atoms with Crippen molar-refractivity contribution in [3.63, 3.8) is 0 Å². The van der Waals surface area contributed by atoms with Crippen molar-refractivity contribution in [2.45, 2.75) is 50.6 Å². The Hall–Kier alpha value is -3.82. The SMILES string of the molecule is N#CC1(COc2nc(C(=O)CCC(F)(F)F)nc(N3CCC(c4c[nH]c5nccnc45)CC3)n2)CC1. The van der Waals surface area contributed by atoms with E-state index in [2.05, 4.69) is 36.0 Å². The van der Waals surface area contributed by atoms with Crippen LogP contribution in [0.25, 0.3) is 11.2 Å². The number of hydrogen-bond acceptors (Lipinski definition) is 9. The molecule has 36 heavy (non-hydrogen) atoms. The van der Waals surface area contributed by atoms with Crippen molar-refractivity contribution in [3.8, 4) is 12.1 Å². The number of ether oxygens (including phenoxy) is 1. The Labute approximate surface area is 203 Å². The third-order valence-electron chi connectivity index (χ3n) is 6.61. The lowest BCUT2D eigenvalue weighted by molar-refractivity contribution is -0.133. The van der Waals surface area contributed by atoms with Gasteiger partial charge in [0.25, 0.3) is 0 Å². The number of Topliss-reactive ketones (excluding diaryl/α,β-unsaturated/α-hetero) is 1. The number of nitriles is 1. The molecule has 1 N–H and O–H groups in total. The van der Waals surface area contributed by atoms with Crippen molar-refractivity contribution in [1.82, 2.24) is 29.9 Å². The van der Waals surface area contributed by atoms with Crippen LogP contribution in [-0.4, -0.2) is 61.6 Å². The van der Waals surface area contributed by atoms with Gasteiger partial charge in [0.15, 0.2) is 5.65 Å². The summed E-state index contributed by atoms with van der Waals surface area (Å²) in [4.78, 5) is 38.7. The molecule has 2 fully saturated rings. The largest absolute Gasteiger partial charge is 0.462 e. The van der Waals surface area contributed by atoms with Crippen LogP contribution in [0.5, 0.6) is 6.01 Å². The van der Waals surface area contributed by atoms with E-state index in [0.29, 0.717) is 25.9 Å². The number of carbonyl (C=O) groups excluding carboxylic acids is 1. The van der Waals surface area contributed by atoms with Crippen molar-refractivity contribution in [1.29, 1.82) is 5.26 Å². The lowest BCUT2D eigenvalue weighted by Crippen LogP contribution is -2.34. The smallest absolute Gasteiger partial charge is 0.389 e. The number of halogens is 3. The molecule has 3 aromatic rings. The molecule has 188 valence electrons. The molecule has 10 nitrogen and oxygen atoms in total. The zero-order chi connectivity index (χ0) is 25.3. The summed E-state index contributed by atoms with van der Waals surface area (Å²) in [5.74, 6) is -0.804. The second-order valence-electron chi connectivity index (χ2n) is 9.22. The van der Waals surface area contributed by atoms with Gasteiger partial charge in [-0.1, -0.05) is 0 Å². The summed E-state index contributed by atoms with van der Waals surface area (Å²) >= 11 is 0. The Balaban J connectivity index is 1.33. The molecule has 0 atom stereocenters. The van der Waals surface area contributed by atoms with Gasteiger partial charge in [-0.25, -0.2) is 4.98 Å². The van der Waals surface area contributed by atoms with Crippen LogP contribution in [0.1, 0.15) is 60.6 Å². The minimum atomic E-state index is -4.47. The maximum atomic E-state index is 12.7. The Kier molecular flexibility index (Phi) is 6.19. The molecule has 1 aliphatic carbocycles. The highest BCUT2D eigenvalue weighted by atomic mass is 19.4. The predicted octanol–water partition coefficient (Wildman–Crippen LogP) is 3.73. The first-order valence-electron chi connectivity index (χ1n) is 11.7. The number of aromatic nitrogens is 6. The normalized spacial score (nSPS) is 17.7. The zero-order valence-electron chi connectivity index (χ0n) is 19.3. The van der Waals surface area contributed by atoms with Crippen molar-refractivity contribution in [2.24, 2.45) is 5.41 Å². The quantitative estimate of drug-likeness (QED) is 0.459. The van der Waals surface area contributed by atoms with Gasteiger partial charge in [0.1, 0.15) is 12.1 Å². The molecular weight excluding hydrogens is 477 g/mol. The second-order valence-corrected chi connectivity index (χ2v) is 9.22. The third-order valence-corrected chi connectivity index (χ3v) is 6.61. The molecule has 1 aliphatic heterocycles. The summed E-state index contributed by atoms with van der Waals surface area (Å²) in [6, 6.07) is 2.03. The van der Waals surface area contributed by atoms with Gasteiger partial charge in [-0.15, -0.1) is 0 Å². The summed E-state index contributed by atoms with van der Waals surface area (Å²) in [5.41, 5.74) is 2.03. The highest BCUT2D eigenvalue weighted by Gasteiger charge is 2.44. The number of alkyl halides is 3. The lowest BCUT2D eigenvalue weighted by atomic mass is 9.91. The number of H-pyrrole nitrogens is 1. The Morgan fingerprint density at radius 3 is 2.64 bits per heavy atom. The highest BCUT2D eigenvalue weighted by Crippen LogP contribution is 2.45. The molecule has 4 heterocycles. The van der Waals surface area contributed by atoms with Crippen molar-refractivity contribution >= 4 is 22.9 Å². The van der Waals surface area contributed by atoms with E-state index in [1.54, 1.807) is 12.4 Å². The molecular formula is C23H23F3N8O2. The van der Waals surface area contributed by atoms with Crippen LogP contribution in [0.2, 0.25) is 0 Å². The van der Waals surface area contributed by atoms with E-state index in [0.717, 1.165) is 29.6 Å². The molecule has 13 heteroatoms. The van der Waals surface area contributed by atoms with E-state index in [-0.39, 0.29) is 30.3 Å². The topological polar surface area (TPSA) is 134 Å². The summed E-state index contributed by atoms with van der Waals surface area (Å²) < 4.78 is 43.6. The first-order valence-corrected chi connectivity index (χ1v) is 11.7. The monoisotopic (exact) mass is 500 g/mol. The van der Waals surface area contributed by atoms with E-state index in [4.69, 9.17) is 4.74 Å². The van der Waals surface area contributed by atoms with Crippen molar-refractivity contribution in [2.75, 3.05) is 24.6 Å². The van der Waals surface area contributed by atoms with Crippen LogP contribution < -0.4 is 9.64 Å². The van der Waals surface area contributed by atoms with Crippen molar-refractivity contribution in [3.05, 3.63) is 30.0 Å². The molecule has 3 aromatic heterocycles. The lowest BCUT2D eigenvalue weighted by Gasteiger charge is -2.31. The summed E-state index contributed by atoms with van der Waals surface area (Å²) in [5, 5.41) is 9.29. The standard InChI is InChI=1S/C23H23F3N8O2/c24-23(25,26)4-1-16(35)18-31-20(33-21(32-18)36-13-22(12-27)5-6-22)34-9-2-14(3-10-34)15-11-30-19-17(15)28-7-8-29-19/h7-8,11,14H,1-6,9-10,13H2,(H,29,30). The molecule has 0 spiro atoms. The Bertz CT molecular complexity index is 1310. The average Bonchev–Trinajstić information content (AvgIpc) is 3.55. The maximum absolute atomic E-state index is 12.7. The number of carbonyl (C=O) groups is 1. The second kappa shape index (κ2) is 9.33. The molecule has 5 rings (SSSR count). The van der Waals surface area contributed by atoms with Crippen LogP contribution in [0.15, 0.2) is 18.6 Å². The molecule has 0 amide bonds. The van der Waals surface area contributed by atoms with E-state index in [9.17, 15) is 23.2 Å². The Morgan fingerprint density at radius 2 is 1.94 bits per heavy atom. The van der Waals surface area contributed by atoms with Gasteiger partial charge in [-0.3, -0.25) is 9.78 Å². The molecule has 1 saturated carbocycles. The van der Waals surface area contributed by atoms with E-state index in [1.807, 2.05) is 11.1 Å². The van der Waals surface area contributed by atoms with Crippen LogP contribution in [-0.2, 0) is 0 Å². The minimum absolute atomic E-state index is 0.0484. The number of piperidine rings is 1. The number of nitrogens with one attached hydrogen (secondary N) is 1. The summed E-state index contributed by atoms with van der Waals surface area (Å²) in [6.45, 7) is 1.16. The number of aromatic amines is 1. The molecule has 0 aromatic carbocycles. The van der Waals surface area contributed by atoms with Gasteiger partial charge in [-0.05, 0) is 31.6 Å². The van der Waals surface area contributed by atoms with Crippen LogP contribution in [0, 0.1) is 16.7 Å². The van der Waals surface area contributed by atoms with E-state index < -0.39 is 30.2 Å². The number of hydrogen-bond donors (Lipinski definition) is 1. The minimum Gasteiger partial charge on any atom is -0.462 e. The van der Waals surface area contributed by atoms with Gasteiger partial charge < -0.3 is 14.6 Å². The van der Waals surface area contributed by atoms with Crippen LogP contribution in [0.3, 0.4) is 0 Å². The summed E-state index contributed by atoms with van der Waals surface area (Å²) in [7, 11) is 0. The fraction of sp³-hybridized carbons (Fsp3) is 0.522. The van der Waals surface area contributed by atoms with Gasteiger partial charge in [-0.2, -0.15) is 33.4 Å². The van der Waals surface area contributed by atoms with E-state index in [1.165, 1.54) is 0 Å². The average molecular weight is 500 g/mol. The predicted molar refractivity (Wildman–Crippen MR) is 120 cm³/mol.